The largest absolute Gasteiger partial charge is 0.481 e. The van der Waals surface area contributed by atoms with Crippen LogP contribution in [0, 0.1) is 11.8 Å². The van der Waals surface area contributed by atoms with E-state index in [0.29, 0.717) is 38.6 Å². The third-order valence-electron chi connectivity index (χ3n) is 4.78. The van der Waals surface area contributed by atoms with Crippen molar-refractivity contribution in [2.24, 2.45) is 11.8 Å². The second kappa shape index (κ2) is 8.37. The minimum atomic E-state index is -0.826. The zero-order valence-corrected chi connectivity index (χ0v) is 12.8. The molecule has 1 atom stereocenters. The number of ether oxygens (including phenoxy) is 1. The van der Waals surface area contributed by atoms with Crippen molar-refractivity contribution in [1.82, 2.24) is 4.90 Å². The van der Waals surface area contributed by atoms with Gasteiger partial charge in [0.05, 0.1) is 19.1 Å². The molecule has 1 amide bonds. The Labute approximate surface area is 126 Å². The first-order valence-electron chi connectivity index (χ1n) is 8.25. The van der Waals surface area contributed by atoms with Crippen LogP contribution in [-0.4, -0.2) is 48.2 Å². The molecule has 0 aromatic heterocycles. The fraction of sp³-hybridized carbons (Fsp3) is 0.875. The van der Waals surface area contributed by atoms with Gasteiger partial charge in [-0.25, -0.2) is 0 Å². The van der Waals surface area contributed by atoms with Crippen LogP contribution < -0.4 is 0 Å². The maximum Gasteiger partial charge on any atom is 0.307 e. The molecular weight excluding hydrogens is 270 g/mol. The maximum absolute atomic E-state index is 12.2. The fourth-order valence-electron chi connectivity index (χ4n) is 3.38. The minimum Gasteiger partial charge on any atom is -0.481 e. The predicted octanol–water partition coefficient (Wildman–Crippen LogP) is 2.30. The van der Waals surface area contributed by atoms with Gasteiger partial charge in [-0.15, -0.1) is 0 Å². The highest BCUT2D eigenvalue weighted by atomic mass is 16.5. The molecule has 0 aromatic carbocycles. The molecule has 2 rings (SSSR count). The van der Waals surface area contributed by atoms with Crippen LogP contribution in [0.15, 0.2) is 0 Å². The second-order valence-electron chi connectivity index (χ2n) is 6.31. The average Bonchev–Trinajstić information content (AvgIpc) is 2.52. The first-order chi connectivity index (χ1) is 10.2. The van der Waals surface area contributed by atoms with Gasteiger partial charge in [0.1, 0.15) is 0 Å². The molecule has 0 radical (unpaired) electrons. The monoisotopic (exact) mass is 297 g/mol. The quantitative estimate of drug-likeness (QED) is 0.817. The fourth-order valence-corrected chi connectivity index (χ4v) is 3.38. The van der Waals surface area contributed by atoms with E-state index in [0.717, 1.165) is 6.42 Å². The molecule has 5 nitrogen and oxygen atoms in total. The SMILES string of the molecule is O=C(O)[C@H](CCC1CCCCC1)CC(=O)N1CCOCC1. The lowest BCUT2D eigenvalue weighted by Gasteiger charge is -2.28. The first-order valence-corrected chi connectivity index (χ1v) is 8.25. The molecule has 0 unspecified atom stereocenters. The third-order valence-corrected chi connectivity index (χ3v) is 4.78. The third kappa shape index (κ3) is 5.30. The van der Waals surface area contributed by atoms with E-state index in [9.17, 15) is 14.7 Å². The Balaban J connectivity index is 1.77. The number of hydrogen-bond acceptors (Lipinski definition) is 3. The molecule has 1 saturated carbocycles. The standard InChI is InChI=1S/C16H27NO4/c18-15(17-8-10-21-11-9-17)12-14(16(19)20)7-6-13-4-2-1-3-5-13/h13-14H,1-12H2,(H,19,20)/t14-/m1/s1. The molecule has 21 heavy (non-hydrogen) atoms. The van der Waals surface area contributed by atoms with Crippen LogP contribution in [-0.2, 0) is 14.3 Å². The Kier molecular flexibility index (Phi) is 6.49. The van der Waals surface area contributed by atoms with Gasteiger partial charge in [0.2, 0.25) is 5.91 Å². The molecule has 1 heterocycles. The van der Waals surface area contributed by atoms with E-state index in [4.69, 9.17) is 4.74 Å². The molecule has 2 fully saturated rings. The first kappa shape index (κ1) is 16.3. The average molecular weight is 297 g/mol. The highest BCUT2D eigenvalue weighted by Gasteiger charge is 2.26. The molecule has 0 aromatic rings. The maximum atomic E-state index is 12.2. The number of carboxylic acid groups (broad SMARTS) is 1. The summed E-state index contributed by atoms with van der Waals surface area (Å²) in [5.41, 5.74) is 0. The number of carbonyl (C=O) groups is 2. The summed E-state index contributed by atoms with van der Waals surface area (Å²) in [5, 5.41) is 9.35. The van der Waals surface area contributed by atoms with Gasteiger partial charge >= 0.3 is 5.97 Å². The molecule has 2 aliphatic rings. The summed E-state index contributed by atoms with van der Waals surface area (Å²) in [6.45, 7) is 2.30. The summed E-state index contributed by atoms with van der Waals surface area (Å²) in [5.74, 6) is -0.719. The van der Waals surface area contributed by atoms with Crippen molar-refractivity contribution < 1.29 is 19.4 Å². The summed E-state index contributed by atoms with van der Waals surface area (Å²) in [6.07, 6.45) is 8.04. The van der Waals surface area contributed by atoms with Gasteiger partial charge in [0, 0.05) is 19.5 Å². The lowest BCUT2D eigenvalue weighted by atomic mass is 9.83. The number of aliphatic carboxylic acids is 1. The van der Waals surface area contributed by atoms with Crippen LogP contribution in [0.25, 0.3) is 0 Å². The molecule has 1 aliphatic heterocycles. The molecule has 1 aliphatic carbocycles. The van der Waals surface area contributed by atoms with Gasteiger partial charge in [-0.2, -0.15) is 0 Å². The van der Waals surface area contributed by atoms with Gasteiger partial charge in [-0.1, -0.05) is 32.1 Å². The van der Waals surface area contributed by atoms with Crippen molar-refractivity contribution in [3.8, 4) is 0 Å². The van der Waals surface area contributed by atoms with Crippen LogP contribution in [0.1, 0.15) is 51.4 Å². The Morgan fingerprint density at radius 3 is 2.43 bits per heavy atom. The lowest BCUT2D eigenvalue weighted by molar-refractivity contribution is -0.147. The van der Waals surface area contributed by atoms with E-state index in [1.54, 1.807) is 4.90 Å². The number of nitrogens with zero attached hydrogens (tertiary/aromatic N) is 1. The zero-order valence-electron chi connectivity index (χ0n) is 12.8. The summed E-state index contributed by atoms with van der Waals surface area (Å²) in [4.78, 5) is 25.3. The van der Waals surface area contributed by atoms with E-state index in [2.05, 4.69) is 0 Å². The van der Waals surface area contributed by atoms with E-state index >= 15 is 0 Å². The number of carbonyl (C=O) groups excluding carboxylic acids is 1. The number of amides is 1. The van der Waals surface area contributed by atoms with Crippen molar-refractivity contribution in [2.45, 2.75) is 51.4 Å². The number of carboxylic acids is 1. The Bertz CT molecular complexity index is 346. The zero-order chi connectivity index (χ0) is 15.1. The molecule has 120 valence electrons. The summed E-state index contributed by atoms with van der Waals surface area (Å²) in [7, 11) is 0. The van der Waals surface area contributed by atoms with Crippen molar-refractivity contribution in [1.29, 1.82) is 0 Å². The van der Waals surface area contributed by atoms with Crippen molar-refractivity contribution in [3.05, 3.63) is 0 Å². The smallest absolute Gasteiger partial charge is 0.307 e. The second-order valence-corrected chi connectivity index (χ2v) is 6.31. The summed E-state index contributed by atoms with van der Waals surface area (Å²) in [6, 6.07) is 0. The van der Waals surface area contributed by atoms with Crippen LogP contribution in [0.4, 0.5) is 0 Å². The van der Waals surface area contributed by atoms with Crippen molar-refractivity contribution >= 4 is 11.9 Å². The molecule has 0 spiro atoms. The minimum absolute atomic E-state index is 0.0330. The van der Waals surface area contributed by atoms with Crippen molar-refractivity contribution in [3.63, 3.8) is 0 Å². The van der Waals surface area contributed by atoms with Crippen molar-refractivity contribution in [2.75, 3.05) is 26.3 Å². The highest BCUT2D eigenvalue weighted by Crippen LogP contribution is 2.29. The number of rotatable bonds is 6. The van der Waals surface area contributed by atoms with Gasteiger partial charge in [0.15, 0.2) is 0 Å². The van der Waals surface area contributed by atoms with E-state index < -0.39 is 11.9 Å². The Morgan fingerprint density at radius 1 is 1.14 bits per heavy atom. The van der Waals surface area contributed by atoms with Crippen LogP contribution in [0.2, 0.25) is 0 Å². The molecule has 1 saturated heterocycles. The van der Waals surface area contributed by atoms with Crippen LogP contribution in [0.5, 0.6) is 0 Å². The lowest BCUT2D eigenvalue weighted by Crippen LogP contribution is -2.41. The summed E-state index contributed by atoms with van der Waals surface area (Å²) < 4.78 is 5.22. The molecule has 5 heteroatoms. The van der Waals surface area contributed by atoms with Crippen LogP contribution in [0.3, 0.4) is 0 Å². The van der Waals surface area contributed by atoms with Gasteiger partial charge in [-0.3, -0.25) is 9.59 Å². The molecule has 0 bridgehead atoms. The number of morpholine rings is 1. The normalized spacial score (nSPS) is 22.0. The Morgan fingerprint density at radius 2 is 1.81 bits per heavy atom. The van der Waals surface area contributed by atoms with E-state index in [1.807, 2.05) is 0 Å². The Hall–Kier alpha value is -1.10. The predicted molar refractivity (Wildman–Crippen MR) is 79.0 cm³/mol. The van der Waals surface area contributed by atoms with E-state index in [-0.39, 0.29) is 12.3 Å². The molecule has 1 N–H and O–H groups in total. The van der Waals surface area contributed by atoms with Crippen LogP contribution >= 0.6 is 0 Å². The topological polar surface area (TPSA) is 66.8 Å². The van der Waals surface area contributed by atoms with Gasteiger partial charge in [-0.05, 0) is 18.8 Å². The molecular formula is C16H27NO4. The van der Waals surface area contributed by atoms with Gasteiger partial charge in [0.25, 0.3) is 0 Å². The highest BCUT2D eigenvalue weighted by molar-refractivity contribution is 5.82. The van der Waals surface area contributed by atoms with E-state index in [1.165, 1.54) is 32.1 Å². The summed E-state index contributed by atoms with van der Waals surface area (Å²) >= 11 is 0. The number of hydrogen-bond donors (Lipinski definition) is 1. The van der Waals surface area contributed by atoms with Gasteiger partial charge < -0.3 is 14.7 Å².